The Morgan fingerprint density at radius 1 is 0.800 bits per heavy atom. The minimum absolute atomic E-state index is 0.0121. The number of hydrogen-bond acceptors (Lipinski definition) is 3. The van der Waals surface area contributed by atoms with Crippen molar-refractivity contribution in [3.05, 3.63) is 89.6 Å². The third-order valence-electron chi connectivity index (χ3n) is 6.68. The lowest BCUT2D eigenvalue weighted by Gasteiger charge is -2.22. The van der Waals surface area contributed by atoms with E-state index in [1.807, 2.05) is 48.7 Å². The lowest BCUT2D eigenvalue weighted by molar-refractivity contribution is 0.589. The van der Waals surface area contributed by atoms with Gasteiger partial charge in [-0.1, -0.05) is 77.9 Å². The molecule has 0 N–H and O–H groups in total. The normalized spacial score (nSPS) is 12.3. The second-order valence-corrected chi connectivity index (χ2v) is 11.2. The quantitative estimate of drug-likeness (QED) is 0.265. The average molecular weight is 459 g/mol. The average Bonchev–Trinajstić information content (AvgIpc) is 3.21. The van der Waals surface area contributed by atoms with Crippen LogP contribution in [-0.2, 0) is 10.8 Å². The molecule has 174 valence electrons. The summed E-state index contributed by atoms with van der Waals surface area (Å²) in [6.07, 6.45) is 1.88. The summed E-state index contributed by atoms with van der Waals surface area (Å²) in [5.74, 6) is 0. The van der Waals surface area contributed by atoms with Gasteiger partial charge in [-0.15, -0.1) is 0 Å². The zero-order valence-corrected chi connectivity index (χ0v) is 21.2. The zero-order chi connectivity index (χ0) is 25.0. The van der Waals surface area contributed by atoms with Crippen molar-refractivity contribution in [2.75, 3.05) is 0 Å². The highest BCUT2D eigenvalue weighted by Crippen LogP contribution is 2.45. The molecule has 0 saturated heterocycles. The van der Waals surface area contributed by atoms with Crippen LogP contribution in [0.15, 0.2) is 77.3 Å². The van der Waals surface area contributed by atoms with Crippen molar-refractivity contribution in [2.45, 2.75) is 52.4 Å². The molecule has 2 heterocycles. The minimum atomic E-state index is -0.0882. The van der Waals surface area contributed by atoms with Crippen LogP contribution in [0.3, 0.4) is 0 Å². The van der Waals surface area contributed by atoms with Gasteiger partial charge in [-0.3, -0.25) is 4.98 Å². The van der Waals surface area contributed by atoms with Crippen molar-refractivity contribution < 1.29 is 4.42 Å². The lowest BCUT2D eigenvalue weighted by Crippen LogP contribution is -2.12. The van der Waals surface area contributed by atoms with Crippen molar-refractivity contribution >= 4 is 21.9 Å². The Morgan fingerprint density at radius 2 is 1.54 bits per heavy atom. The predicted octanol–water partition coefficient (Wildman–Crippen LogP) is 8.78. The first-order valence-corrected chi connectivity index (χ1v) is 12.0. The molecule has 2 aromatic heterocycles. The second kappa shape index (κ2) is 8.10. The molecule has 35 heavy (non-hydrogen) atoms. The second-order valence-electron chi connectivity index (χ2n) is 11.2. The molecule has 3 nitrogen and oxygen atoms in total. The number of nitrogens with zero attached hydrogens (tertiary/aromatic N) is 2. The maximum atomic E-state index is 9.94. The van der Waals surface area contributed by atoms with Gasteiger partial charge in [0.15, 0.2) is 0 Å². The summed E-state index contributed by atoms with van der Waals surface area (Å²) in [7, 11) is 0. The first-order valence-electron chi connectivity index (χ1n) is 12.0. The van der Waals surface area contributed by atoms with Gasteiger partial charge in [0.25, 0.3) is 0 Å². The lowest BCUT2D eigenvalue weighted by atomic mass is 9.82. The van der Waals surface area contributed by atoms with Crippen LogP contribution in [-0.4, -0.2) is 4.98 Å². The molecule has 0 aliphatic heterocycles. The van der Waals surface area contributed by atoms with Gasteiger partial charge in [-0.05, 0) is 57.9 Å². The molecule has 0 amide bonds. The molecule has 0 aliphatic carbocycles. The maximum absolute atomic E-state index is 9.94. The van der Waals surface area contributed by atoms with Gasteiger partial charge in [-0.2, -0.15) is 5.26 Å². The van der Waals surface area contributed by atoms with E-state index in [-0.39, 0.29) is 10.8 Å². The Hall–Kier alpha value is -3.90. The Kier molecular flexibility index (Phi) is 5.29. The first kappa shape index (κ1) is 22.9. The fourth-order valence-corrected chi connectivity index (χ4v) is 4.80. The number of furan rings is 1. The van der Waals surface area contributed by atoms with Gasteiger partial charge in [0.2, 0.25) is 0 Å². The summed E-state index contributed by atoms with van der Waals surface area (Å²) >= 11 is 0. The summed E-state index contributed by atoms with van der Waals surface area (Å²) in [5.41, 5.74) is 8.20. The van der Waals surface area contributed by atoms with Crippen LogP contribution in [0.25, 0.3) is 44.3 Å². The van der Waals surface area contributed by atoms with Gasteiger partial charge in [0.05, 0.1) is 17.3 Å². The molecule has 0 spiro atoms. The number of benzene rings is 3. The first-order chi connectivity index (χ1) is 16.6. The molecule has 0 bridgehead atoms. The van der Waals surface area contributed by atoms with Gasteiger partial charge < -0.3 is 4.42 Å². The zero-order valence-electron chi connectivity index (χ0n) is 21.2. The molecule has 0 unspecified atom stereocenters. The number of hydrogen-bond donors (Lipinski definition) is 0. The Morgan fingerprint density at radius 3 is 2.20 bits per heavy atom. The van der Waals surface area contributed by atoms with E-state index in [0.29, 0.717) is 5.56 Å². The highest BCUT2D eigenvalue weighted by Gasteiger charge is 2.26. The van der Waals surface area contributed by atoms with Crippen LogP contribution < -0.4 is 0 Å². The maximum Gasteiger partial charge on any atom is 0.145 e. The van der Waals surface area contributed by atoms with Gasteiger partial charge in [0, 0.05) is 28.1 Å². The highest BCUT2D eigenvalue weighted by atomic mass is 16.3. The van der Waals surface area contributed by atoms with E-state index in [0.717, 1.165) is 44.3 Å². The molecule has 0 fully saturated rings. The number of pyridine rings is 1. The fraction of sp³-hybridized carbons (Fsp3) is 0.250. The van der Waals surface area contributed by atoms with Crippen LogP contribution in [0, 0.1) is 11.3 Å². The van der Waals surface area contributed by atoms with Crippen molar-refractivity contribution in [3.8, 4) is 28.5 Å². The van der Waals surface area contributed by atoms with Crippen LogP contribution in [0.5, 0.6) is 0 Å². The van der Waals surface area contributed by atoms with Crippen LogP contribution in [0.1, 0.15) is 58.2 Å². The Bertz CT molecular complexity index is 1600. The van der Waals surface area contributed by atoms with Crippen LogP contribution >= 0.6 is 0 Å². The molecule has 3 aromatic carbocycles. The molecule has 3 heteroatoms. The highest BCUT2D eigenvalue weighted by molar-refractivity contribution is 6.15. The van der Waals surface area contributed by atoms with Crippen molar-refractivity contribution in [3.63, 3.8) is 0 Å². The number of nitriles is 1. The minimum Gasteiger partial charge on any atom is -0.455 e. The van der Waals surface area contributed by atoms with Crippen molar-refractivity contribution in [1.29, 1.82) is 5.26 Å². The summed E-state index contributed by atoms with van der Waals surface area (Å²) in [4.78, 5) is 4.74. The molecule has 5 aromatic rings. The van der Waals surface area contributed by atoms with Gasteiger partial charge in [-0.25, -0.2) is 0 Å². The molecule has 0 aliphatic rings. The van der Waals surface area contributed by atoms with E-state index in [1.54, 1.807) is 0 Å². The van der Waals surface area contributed by atoms with Crippen LogP contribution in [0.4, 0.5) is 0 Å². The predicted molar refractivity (Wildman–Crippen MR) is 145 cm³/mol. The third kappa shape index (κ3) is 3.90. The van der Waals surface area contributed by atoms with E-state index < -0.39 is 0 Å². The largest absolute Gasteiger partial charge is 0.455 e. The van der Waals surface area contributed by atoms with E-state index >= 15 is 0 Å². The molecule has 0 saturated carbocycles. The molecule has 0 radical (unpaired) electrons. The van der Waals surface area contributed by atoms with E-state index in [2.05, 4.69) is 71.9 Å². The Balaban J connectivity index is 1.92. The summed E-state index contributed by atoms with van der Waals surface area (Å²) in [5, 5.41) is 12.1. The van der Waals surface area contributed by atoms with Gasteiger partial charge in [0.1, 0.15) is 11.2 Å². The van der Waals surface area contributed by atoms with E-state index in [9.17, 15) is 5.26 Å². The molecule has 5 rings (SSSR count). The smallest absolute Gasteiger partial charge is 0.145 e. The third-order valence-corrected chi connectivity index (χ3v) is 6.68. The number of aromatic nitrogens is 1. The fourth-order valence-electron chi connectivity index (χ4n) is 4.80. The molecule has 0 atom stereocenters. The molecular formula is C32H30N2O. The summed E-state index contributed by atoms with van der Waals surface area (Å²) < 4.78 is 6.74. The van der Waals surface area contributed by atoms with Crippen molar-refractivity contribution in [1.82, 2.24) is 4.98 Å². The SMILES string of the molecule is CC(C)(C)c1ccnc(-c2ccc(C(C)(C)C)c3c2oc2c(-c4ccccc4)c(C#N)ccc23)c1. The molecular weight excluding hydrogens is 428 g/mol. The topological polar surface area (TPSA) is 49.8 Å². The monoisotopic (exact) mass is 458 g/mol. The van der Waals surface area contributed by atoms with E-state index in [1.165, 1.54) is 11.1 Å². The summed E-state index contributed by atoms with van der Waals surface area (Å²) in [6, 6.07) is 24.9. The number of fused-ring (bicyclic) bond motifs is 3. The van der Waals surface area contributed by atoms with Gasteiger partial charge >= 0.3 is 0 Å². The Labute approximate surface area is 207 Å². The van der Waals surface area contributed by atoms with Crippen LogP contribution in [0.2, 0.25) is 0 Å². The van der Waals surface area contributed by atoms with E-state index in [4.69, 9.17) is 9.40 Å². The summed E-state index contributed by atoms with van der Waals surface area (Å²) in [6.45, 7) is 13.3. The number of rotatable bonds is 2. The standard InChI is InChI=1S/C32H30N2O/c1-31(2,3)22-16-17-34-26(18-22)23-14-15-25(32(4,5)6)28-24-13-12-21(19-33)27(30(24)35-29(23)28)20-10-8-7-9-11-20/h7-18H,1-6H3. The van der Waals surface area contributed by atoms with Crippen molar-refractivity contribution in [2.24, 2.45) is 0 Å².